The minimum atomic E-state index is -0.118. The van der Waals surface area contributed by atoms with Crippen molar-refractivity contribution < 1.29 is 9.21 Å². The molecule has 4 rings (SSSR count). The molecule has 0 fully saturated rings. The Kier molecular flexibility index (Phi) is 4.73. The van der Waals surface area contributed by atoms with Crippen molar-refractivity contribution >= 4 is 32.6 Å². The zero-order valence-corrected chi connectivity index (χ0v) is 17.1. The van der Waals surface area contributed by atoms with Crippen LogP contribution in [0.5, 0.6) is 0 Å². The lowest BCUT2D eigenvalue weighted by atomic mass is 10.1. The second-order valence-corrected chi connectivity index (χ2v) is 7.93. The topological polar surface area (TPSA) is 59.2 Å². The van der Waals surface area contributed by atoms with Gasteiger partial charge in [-0.25, -0.2) is 4.98 Å². The molecule has 6 heteroatoms. The molecule has 3 aromatic heterocycles. The maximum absolute atomic E-state index is 13.4. The van der Waals surface area contributed by atoms with Gasteiger partial charge in [0.25, 0.3) is 5.91 Å². The molecule has 0 atom stereocenters. The van der Waals surface area contributed by atoms with Crippen molar-refractivity contribution in [3.63, 3.8) is 0 Å². The molecule has 0 aliphatic heterocycles. The average molecular weight is 391 g/mol. The van der Waals surface area contributed by atoms with Crippen LogP contribution in [0.25, 0.3) is 10.2 Å². The first kappa shape index (κ1) is 18.4. The van der Waals surface area contributed by atoms with Crippen molar-refractivity contribution in [3.8, 4) is 0 Å². The number of carbonyl (C=O) groups is 1. The first-order chi connectivity index (χ1) is 13.4. The van der Waals surface area contributed by atoms with E-state index in [9.17, 15) is 4.79 Å². The maximum atomic E-state index is 13.4. The van der Waals surface area contributed by atoms with Crippen LogP contribution in [0.4, 0.5) is 5.13 Å². The minimum Gasteiger partial charge on any atom is -0.466 e. The number of nitrogens with zero attached hydrogens (tertiary/aromatic N) is 3. The molecule has 0 N–H and O–H groups in total. The third-order valence-electron chi connectivity index (χ3n) is 4.74. The molecular formula is C22H21N3O2S. The summed E-state index contributed by atoms with van der Waals surface area (Å²) in [7, 11) is 0. The number of furan rings is 1. The van der Waals surface area contributed by atoms with E-state index in [1.165, 1.54) is 0 Å². The molecule has 1 amide bonds. The third kappa shape index (κ3) is 3.31. The molecule has 0 saturated carbocycles. The molecule has 0 radical (unpaired) electrons. The molecule has 0 unspecified atom stereocenters. The second-order valence-electron chi connectivity index (χ2n) is 6.95. The maximum Gasteiger partial charge on any atom is 0.263 e. The number of pyridine rings is 1. The summed E-state index contributed by atoms with van der Waals surface area (Å²) in [5.74, 6) is 1.22. The Bertz CT molecular complexity index is 1120. The van der Waals surface area contributed by atoms with Gasteiger partial charge < -0.3 is 4.42 Å². The molecule has 0 bridgehead atoms. The van der Waals surface area contributed by atoms with Crippen molar-refractivity contribution in [2.75, 3.05) is 4.90 Å². The Morgan fingerprint density at radius 2 is 1.93 bits per heavy atom. The van der Waals surface area contributed by atoms with E-state index in [0.29, 0.717) is 23.0 Å². The zero-order chi connectivity index (χ0) is 19.8. The summed E-state index contributed by atoms with van der Waals surface area (Å²) in [5, 5.41) is 0.680. The fourth-order valence-corrected chi connectivity index (χ4v) is 4.36. The Balaban J connectivity index is 1.83. The number of anilines is 1. The van der Waals surface area contributed by atoms with Crippen molar-refractivity contribution in [1.29, 1.82) is 0 Å². The zero-order valence-electron chi connectivity index (χ0n) is 16.3. The summed E-state index contributed by atoms with van der Waals surface area (Å²) in [6.07, 6.45) is 3.50. The standard InChI is InChI=1S/C22H21N3O2S/c1-13-7-8-14(2)20-19(13)24-22(28-20)25(12-17-6-5-9-23-11-17)21(26)18-10-15(3)27-16(18)4/h5-11H,12H2,1-4H3. The first-order valence-electron chi connectivity index (χ1n) is 9.08. The molecule has 0 saturated heterocycles. The predicted molar refractivity (Wildman–Crippen MR) is 112 cm³/mol. The number of carbonyl (C=O) groups excluding carboxylic acids is 1. The van der Waals surface area contributed by atoms with E-state index in [-0.39, 0.29) is 5.91 Å². The number of hydrogen-bond donors (Lipinski definition) is 0. The van der Waals surface area contributed by atoms with Gasteiger partial charge in [-0.15, -0.1) is 0 Å². The fraction of sp³-hybridized carbons (Fsp3) is 0.227. The first-order valence-corrected chi connectivity index (χ1v) is 9.90. The van der Waals surface area contributed by atoms with Crippen LogP contribution in [0.1, 0.15) is 38.6 Å². The van der Waals surface area contributed by atoms with E-state index >= 15 is 0 Å². The van der Waals surface area contributed by atoms with Crippen LogP contribution < -0.4 is 4.90 Å². The highest BCUT2D eigenvalue weighted by Gasteiger charge is 2.25. The molecule has 4 aromatic rings. The van der Waals surface area contributed by atoms with E-state index in [4.69, 9.17) is 9.40 Å². The molecule has 28 heavy (non-hydrogen) atoms. The number of hydrogen-bond acceptors (Lipinski definition) is 5. The molecule has 0 spiro atoms. The van der Waals surface area contributed by atoms with Gasteiger partial charge in [-0.1, -0.05) is 29.5 Å². The average Bonchev–Trinajstić information content (AvgIpc) is 3.27. The van der Waals surface area contributed by atoms with Gasteiger partial charge in [0, 0.05) is 12.4 Å². The number of rotatable bonds is 4. The van der Waals surface area contributed by atoms with Gasteiger partial charge in [0.2, 0.25) is 0 Å². The highest BCUT2D eigenvalue weighted by molar-refractivity contribution is 7.22. The lowest BCUT2D eigenvalue weighted by Crippen LogP contribution is -2.30. The number of aromatic nitrogens is 2. The minimum absolute atomic E-state index is 0.118. The highest BCUT2D eigenvalue weighted by atomic mass is 32.1. The largest absolute Gasteiger partial charge is 0.466 e. The van der Waals surface area contributed by atoms with Crippen LogP contribution in [-0.4, -0.2) is 15.9 Å². The van der Waals surface area contributed by atoms with Crippen molar-refractivity contribution in [3.05, 3.63) is 76.5 Å². The van der Waals surface area contributed by atoms with Gasteiger partial charge in [-0.3, -0.25) is 14.7 Å². The van der Waals surface area contributed by atoms with Crippen molar-refractivity contribution in [2.24, 2.45) is 0 Å². The van der Waals surface area contributed by atoms with Gasteiger partial charge >= 0.3 is 0 Å². The highest BCUT2D eigenvalue weighted by Crippen LogP contribution is 2.34. The SMILES string of the molecule is Cc1cc(C(=O)N(Cc2cccnc2)c2nc3c(C)ccc(C)c3s2)c(C)o1. The summed E-state index contributed by atoms with van der Waals surface area (Å²) in [4.78, 5) is 24.2. The van der Waals surface area contributed by atoms with Gasteiger partial charge in [0.1, 0.15) is 11.5 Å². The number of thiazole rings is 1. The molecule has 5 nitrogen and oxygen atoms in total. The lowest BCUT2D eigenvalue weighted by molar-refractivity contribution is 0.0983. The molecule has 1 aromatic carbocycles. The number of fused-ring (bicyclic) bond motifs is 1. The molecular weight excluding hydrogens is 370 g/mol. The number of aryl methyl sites for hydroxylation is 4. The van der Waals surface area contributed by atoms with Gasteiger partial charge in [-0.2, -0.15) is 0 Å². The normalized spacial score (nSPS) is 11.1. The van der Waals surface area contributed by atoms with E-state index in [1.54, 1.807) is 34.7 Å². The smallest absolute Gasteiger partial charge is 0.263 e. The summed E-state index contributed by atoms with van der Waals surface area (Å²) >= 11 is 1.54. The van der Waals surface area contributed by atoms with E-state index in [1.807, 2.05) is 32.9 Å². The third-order valence-corrected chi connectivity index (χ3v) is 5.96. The van der Waals surface area contributed by atoms with E-state index in [0.717, 1.165) is 32.7 Å². The molecule has 142 valence electrons. The monoisotopic (exact) mass is 391 g/mol. The second kappa shape index (κ2) is 7.20. The van der Waals surface area contributed by atoms with Crippen LogP contribution in [-0.2, 0) is 6.54 Å². The molecule has 0 aliphatic rings. The summed E-state index contributed by atoms with van der Waals surface area (Å²) in [6, 6.07) is 9.79. The molecule has 3 heterocycles. The van der Waals surface area contributed by atoms with Gasteiger partial charge in [0.05, 0.1) is 22.3 Å². The summed E-state index contributed by atoms with van der Waals surface area (Å²) < 4.78 is 6.70. The van der Waals surface area contributed by atoms with E-state index < -0.39 is 0 Å². The van der Waals surface area contributed by atoms with E-state index in [2.05, 4.69) is 24.0 Å². The van der Waals surface area contributed by atoms with Crippen LogP contribution in [0, 0.1) is 27.7 Å². The van der Waals surface area contributed by atoms with Crippen molar-refractivity contribution in [2.45, 2.75) is 34.2 Å². The van der Waals surface area contributed by atoms with Crippen LogP contribution in [0.15, 0.2) is 47.1 Å². The summed E-state index contributed by atoms with van der Waals surface area (Å²) in [5.41, 5.74) is 4.72. The van der Waals surface area contributed by atoms with Gasteiger partial charge in [-0.05, 0) is 56.5 Å². The Morgan fingerprint density at radius 3 is 2.57 bits per heavy atom. The number of amides is 1. The Labute approximate surface area is 167 Å². The van der Waals surface area contributed by atoms with Crippen LogP contribution in [0.2, 0.25) is 0 Å². The van der Waals surface area contributed by atoms with Crippen molar-refractivity contribution in [1.82, 2.24) is 9.97 Å². The van der Waals surface area contributed by atoms with Gasteiger partial charge in [0.15, 0.2) is 5.13 Å². The summed E-state index contributed by atoms with van der Waals surface area (Å²) in [6.45, 7) is 8.17. The van der Waals surface area contributed by atoms with Crippen LogP contribution >= 0.6 is 11.3 Å². The quantitative estimate of drug-likeness (QED) is 0.469. The molecule has 0 aliphatic carbocycles. The fourth-order valence-electron chi connectivity index (χ4n) is 3.25. The Hall–Kier alpha value is -2.99. The Morgan fingerprint density at radius 1 is 1.14 bits per heavy atom. The number of benzene rings is 1. The van der Waals surface area contributed by atoms with Crippen LogP contribution in [0.3, 0.4) is 0 Å². The predicted octanol–water partition coefficient (Wildman–Crippen LogP) is 5.36. The lowest BCUT2D eigenvalue weighted by Gasteiger charge is -2.19.